The van der Waals surface area contributed by atoms with E-state index in [0.29, 0.717) is 18.6 Å². The summed E-state index contributed by atoms with van der Waals surface area (Å²) >= 11 is 0. The van der Waals surface area contributed by atoms with Gasteiger partial charge in [0.1, 0.15) is 11.5 Å². The molecule has 2 aromatic rings. The third kappa shape index (κ3) is 4.17. The van der Waals surface area contributed by atoms with Gasteiger partial charge >= 0.3 is 5.97 Å². The minimum atomic E-state index is -0.254. The van der Waals surface area contributed by atoms with Gasteiger partial charge in [-0.05, 0) is 30.2 Å². The first-order valence-corrected chi connectivity index (χ1v) is 7.84. The summed E-state index contributed by atoms with van der Waals surface area (Å²) in [5, 5.41) is 0. The molecule has 0 N–H and O–H groups in total. The maximum Gasteiger partial charge on any atom is 0.338 e. The van der Waals surface area contributed by atoms with E-state index >= 15 is 0 Å². The number of ether oxygens (including phenoxy) is 2. The summed E-state index contributed by atoms with van der Waals surface area (Å²) in [4.78, 5) is 12.3. The molecule has 3 rings (SSSR count). The van der Waals surface area contributed by atoms with E-state index in [0.717, 1.165) is 41.9 Å². The average molecular weight is 319 g/mol. The van der Waals surface area contributed by atoms with Crippen LogP contribution in [-0.2, 0) is 11.2 Å². The third-order valence-corrected chi connectivity index (χ3v) is 3.89. The standard InChI is InChI=1S/C19H20O3.Na/c1-2-3-6-12-21-19(20)15-9-7-11-18-16(15)13-14-8-4-5-10-17(14)22-18;/h4-5,7-11H,2-3,6,12-13H2,1H3;. The fraction of sp³-hybridized carbons (Fsp3) is 0.316. The Morgan fingerprint density at radius 3 is 2.70 bits per heavy atom. The molecule has 0 aromatic heterocycles. The second-order valence-electron chi connectivity index (χ2n) is 5.51. The molecule has 2 aromatic carbocycles. The SMILES string of the molecule is CCCCCOC(=O)c1cccc2c1Cc1ccccc1O2.[Na]. The molecule has 3 nitrogen and oxygen atoms in total. The van der Waals surface area contributed by atoms with Gasteiger partial charge in [-0.25, -0.2) is 4.79 Å². The van der Waals surface area contributed by atoms with Crippen LogP contribution in [0, 0.1) is 0 Å². The molecule has 4 heteroatoms. The van der Waals surface area contributed by atoms with Crippen LogP contribution in [0.2, 0.25) is 0 Å². The smallest absolute Gasteiger partial charge is 0.338 e. The second kappa shape index (κ2) is 8.53. The van der Waals surface area contributed by atoms with Gasteiger partial charge in [0, 0.05) is 41.5 Å². The van der Waals surface area contributed by atoms with Crippen LogP contribution in [0.1, 0.15) is 47.7 Å². The molecule has 0 atom stereocenters. The van der Waals surface area contributed by atoms with E-state index in [1.807, 2.05) is 42.5 Å². The molecule has 0 amide bonds. The van der Waals surface area contributed by atoms with Gasteiger partial charge in [-0.2, -0.15) is 0 Å². The minimum Gasteiger partial charge on any atom is -0.462 e. The van der Waals surface area contributed by atoms with Crippen molar-refractivity contribution in [2.45, 2.75) is 32.6 Å². The first-order chi connectivity index (χ1) is 10.8. The number of esters is 1. The van der Waals surface area contributed by atoms with Gasteiger partial charge in [-0.1, -0.05) is 44.0 Å². The van der Waals surface area contributed by atoms with Gasteiger partial charge in [0.2, 0.25) is 0 Å². The number of carbonyl (C=O) groups is 1. The van der Waals surface area contributed by atoms with Crippen molar-refractivity contribution in [2.24, 2.45) is 0 Å². The van der Waals surface area contributed by atoms with E-state index in [1.165, 1.54) is 0 Å². The molecule has 0 aliphatic carbocycles. The molecule has 1 radical (unpaired) electrons. The minimum absolute atomic E-state index is 0. The maximum atomic E-state index is 12.3. The van der Waals surface area contributed by atoms with Crippen molar-refractivity contribution in [2.75, 3.05) is 6.61 Å². The number of carbonyl (C=O) groups excluding carboxylic acids is 1. The Balaban J connectivity index is 0.00000192. The average Bonchev–Trinajstić information content (AvgIpc) is 2.56. The van der Waals surface area contributed by atoms with Crippen molar-refractivity contribution in [3.05, 3.63) is 59.2 Å². The van der Waals surface area contributed by atoms with E-state index in [-0.39, 0.29) is 35.5 Å². The number of fused-ring (bicyclic) bond motifs is 2. The number of para-hydroxylation sites is 1. The summed E-state index contributed by atoms with van der Waals surface area (Å²) in [6.45, 7) is 2.61. The third-order valence-electron chi connectivity index (χ3n) is 3.89. The molecular weight excluding hydrogens is 299 g/mol. The summed E-state index contributed by atoms with van der Waals surface area (Å²) in [5.74, 6) is 1.36. The van der Waals surface area contributed by atoms with Gasteiger partial charge in [0.25, 0.3) is 0 Å². The Hall–Kier alpha value is -1.29. The van der Waals surface area contributed by atoms with Crippen molar-refractivity contribution in [1.29, 1.82) is 0 Å². The molecule has 115 valence electrons. The van der Waals surface area contributed by atoms with Crippen LogP contribution in [0.4, 0.5) is 0 Å². The molecule has 0 saturated carbocycles. The zero-order valence-electron chi connectivity index (χ0n) is 13.8. The quantitative estimate of drug-likeness (QED) is 0.398. The van der Waals surface area contributed by atoms with Gasteiger partial charge in [-0.3, -0.25) is 0 Å². The molecule has 1 heterocycles. The fourth-order valence-corrected chi connectivity index (χ4v) is 2.69. The van der Waals surface area contributed by atoms with Crippen LogP contribution in [0.15, 0.2) is 42.5 Å². The summed E-state index contributed by atoms with van der Waals surface area (Å²) in [6, 6.07) is 13.5. The summed E-state index contributed by atoms with van der Waals surface area (Å²) in [6.07, 6.45) is 3.81. The molecule has 0 saturated heterocycles. The Kier molecular flexibility index (Phi) is 6.70. The maximum absolute atomic E-state index is 12.3. The Labute approximate surface area is 159 Å². The van der Waals surface area contributed by atoms with E-state index in [1.54, 1.807) is 0 Å². The van der Waals surface area contributed by atoms with Crippen molar-refractivity contribution >= 4 is 35.5 Å². The number of hydrogen-bond donors (Lipinski definition) is 0. The van der Waals surface area contributed by atoms with Gasteiger partial charge in [-0.15, -0.1) is 0 Å². The van der Waals surface area contributed by atoms with Crippen molar-refractivity contribution < 1.29 is 14.3 Å². The molecule has 1 aliphatic heterocycles. The van der Waals surface area contributed by atoms with Gasteiger partial charge < -0.3 is 9.47 Å². The van der Waals surface area contributed by atoms with Crippen molar-refractivity contribution in [3.8, 4) is 11.5 Å². The fourth-order valence-electron chi connectivity index (χ4n) is 2.69. The van der Waals surface area contributed by atoms with E-state index in [9.17, 15) is 4.79 Å². The monoisotopic (exact) mass is 319 g/mol. The summed E-state index contributed by atoms with van der Waals surface area (Å²) in [7, 11) is 0. The van der Waals surface area contributed by atoms with Crippen LogP contribution >= 0.6 is 0 Å². The summed E-state index contributed by atoms with van der Waals surface area (Å²) in [5.41, 5.74) is 2.63. The van der Waals surface area contributed by atoms with Crippen LogP contribution in [0.5, 0.6) is 11.5 Å². The number of unbranched alkanes of at least 4 members (excludes halogenated alkanes) is 2. The molecular formula is C19H20NaO3. The Bertz CT molecular complexity index is 682. The van der Waals surface area contributed by atoms with Crippen LogP contribution < -0.4 is 4.74 Å². The van der Waals surface area contributed by atoms with E-state index in [4.69, 9.17) is 9.47 Å². The predicted molar refractivity (Wildman–Crippen MR) is 91.3 cm³/mol. The Morgan fingerprint density at radius 1 is 1.09 bits per heavy atom. The van der Waals surface area contributed by atoms with Gasteiger partial charge in [0.05, 0.1) is 12.2 Å². The van der Waals surface area contributed by atoms with E-state index in [2.05, 4.69) is 6.92 Å². The summed E-state index contributed by atoms with van der Waals surface area (Å²) < 4.78 is 11.3. The molecule has 1 aliphatic rings. The van der Waals surface area contributed by atoms with Crippen LogP contribution in [0.25, 0.3) is 0 Å². The van der Waals surface area contributed by atoms with E-state index < -0.39 is 0 Å². The first kappa shape index (κ1) is 18.1. The number of hydrogen-bond acceptors (Lipinski definition) is 3. The topological polar surface area (TPSA) is 35.5 Å². The molecule has 0 bridgehead atoms. The molecule has 0 spiro atoms. The predicted octanol–water partition coefficient (Wildman–Crippen LogP) is 4.35. The normalized spacial score (nSPS) is 11.5. The van der Waals surface area contributed by atoms with Crippen LogP contribution in [-0.4, -0.2) is 42.1 Å². The van der Waals surface area contributed by atoms with Gasteiger partial charge in [0.15, 0.2) is 0 Å². The number of benzene rings is 2. The van der Waals surface area contributed by atoms with Crippen molar-refractivity contribution in [3.63, 3.8) is 0 Å². The number of rotatable bonds is 5. The van der Waals surface area contributed by atoms with Crippen LogP contribution in [0.3, 0.4) is 0 Å². The van der Waals surface area contributed by atoms with Crippen molar-refractivity contribution in [1.82, 2.24) is 0 Å². The Morgan fingerprint density at radius 2 is 1.87 bits per heavy atom. The molecule has 0 unspecified atom stereocenters. The second-order valence-corrected chi connectivity index (χ2v) is 5.51. The zero-order valence-corrected chi connectivity index (χ0v) is 15.8. The zero-order chi connectivity index (χ0) is 15.4. The first-order valence-electron chi connectivity index (χ1n) is 7.84. The largest absolute Gasteiger partial charge is 0.462 e. The molecule has 23 heavy (non-hydrogen) atoms. The molecule has 0 fully saturated rings.